The van der Waals surface area contributed by atoms with Crippen LogP contribution in [0, 0.1) is 0 Å². The van der Waals surface area contributed by atoms with E-state index < -0.39 is 29.9 Å². The average Bonchev–Trinajstić information content (AvgIpc) is 2.85. The van der Waals surface area contributed by atoms with Crippen molar-refractivity contribution in [1.82, 2.24) is 14.9 Å². The number of alkyl halides is 3. The van der Waals surface area contributed by atoms with Crippen molar-refractivity contribution >= 4 is 5.91 Å². The lowest BCUT2D eigenvalue weighted by molar-refractivity contribution is -0.271. The van der Waals surface area contributed by atoms with E-state index >= 15 is 0 Å². The minimum absolute atomic E-state index is 0.111. The second kappa shape index (κ2) is 6.28. The molecule has 1 aromatic heterocycles. The van der Waals surface area contributed by atoms with Crippen LogP contribution in [0.1, 0.15) is 44.3 Å². The van der Waals surface area contributed by atoms with E-state index in [1.165, 1.54) is 13.2 Å². The molecule has 1 fully saturated rings. The van der Waals surface area contributed by atoms with Gasteiger partial charge < -0.3 is 15.0 Å². The number of nitrogens with one attached hydrogen (secondary N) is 1. The van der Waals surface area contributed by atoms with Crippen molar-refractivity contribution < 1.29 is 23.1 Å². The van der Waals surface area contributed by atoms with Gasteiger partial charge in [0.1, 0.15) is 0 Å². The molecule has 0 saturated heterocycles. The van der Waals surface area contributed by atoms with Gasteiger partial charge in [-0.25, -0.2) is 4.98 Å². The maximum Gasteiger partial charge on any atom is 0.425 e. The zero-order valence-electron chi connectivity index (χ0n) is 12.4. The van der Waals surface area contributed by atoms with Gasteiger partial charge in [-0.05, 0) is 12.8 Å². The molecule has 0 unspecified atom stereocenters. The number of imidazole rings is 1. The second-order valence-electron chi connectivity index (χ2n) is 5.80. The van der Waals surface area contributed by atoms with E-state index in [2.05, 4.69) is 10.3 Å². The lowest BCUT2D eigenvalue weighted by atomic mass is 9.93. The third-order valence-electron chi connectivity index (χ3n) is 4.05. The van der Waals surface area contributed by atoms with Crippen molar-refractivity contribution in [3.05, 3.63) is 18.2 Å². The van der Waals surface area contributed by atoms with Gasteiger partial charge in [0.2, 0.25) is 11.5 Å². The Morgan fingerprint density at radius 1 is 1.41 bits per heavy atom. The molecule has 5 nitrogen and oxygen atoms in total. The number of nitrogens with zero attached hydrogens (tertiary/aromatic N) is 2. The van der Waals surface area contributed by atoms with Crippen LogP contribution in [0.4, 0.5) is 13.2 Å². The molecule has 1 amide bonds. The highest BCUT2D eigenvalue weighted by atomic mass is 19.4. The number of rotatable bonds is 4. The van der Waals surface area contributed by atoms with E-state index in [-0.39, 0.29) is 6.04 Å². The van der Waals surface area contributed by atoms with Crippen LogP contribution in [0.15, 0.2) is 12.4 Å². The van der Waals surface area contributed by atoms with Crippen LogP contribution >= 0.6 is 0 Å². The Morgan fingerprint density at radius 2 is 2.05 bits per heavy atom. The number of hydrogen-bond acceptors (Lipinski definition) is 3. The van der Waals surface area contributed by atoms with Gasteiger partial charge >= 0.3 is 6.18 Å². The number of aromatic nitrogens is 2. The van der Waals surface area contributed by atoms with Gasteiger partial charge in [-0.2, -0.15) is 13.2 Å². The van der Waals surface area contributed by atoms with E-state index in [9.17, 15) is 23.1 Å². The van der Waals surface area contributed by atoms with Crippen LogP contribution in [-0.4, -0.2) is 32.8 Å². The van der Waals surface area contributed by atoms with E-state index in [1.54, 1.807) is 0 Å². The highest BCUT2D eigenvalue weighted by Gasteiger charge is 2.58. The van der Waals surface area contributed by atoms with Gasteiger partial charge in [-0.15, -0.1) is 0 Å². The molecule has 2 N–H and O–H groups in total. The molecule has 1 aliphatic rings. The number of amides is 1. The topological polar surface area (TPSA) is 67.1 Å². The van der Waals surface area contributed by atoms with Gasteiger partial charge in [0.05, 0.1) is 6.42 Å². The fraction of sp³-hybridized carbons (Fsp3) is 0.714. The molecule has 0 bridgehead atoms. The van der Waals surface area contributed by atoms with Crippen LogP contribution in [0.25, 0.3) is 0 Å². The number of halogens is 3. The summed E-state index contributed by atoms with van der Waals surface area (Å²) in [5.41, 5.74) is -3.29. The predicted molar refractivity (Wildman–Crippen MR) is 72.8 cm³/mol. The first-order valence-electron chi connectivity index (χ1n) is 7.30. The van der Waals surface area contributed by atoms with Crippen molar-refractivity contribution in [2.24, 2.45) is 7.05 Å². The molecular weight excluding hydrogens is 299 g/mol. The summed E-state index contributed by atoms with van der Waals surface area (Å²) in [5.74, 6) is -1.39. The van der Waals surface area contributed by atoms with E-state index in [1.807, 2.05) is 0 Å². The minimum Gasteiger partial charge on any atom is -0.374 e. The maximum atomic E-state index is 13.3. The van der Waals surface area contributed by atoms with E-state index in [4.69, 9.17) is 0 Å². The lowest BCUT2D eigenvalue weighted by Crippen LogP contribution is -2.49. The summed E-state index contributed by atoms with van der Waals surface area (Å²) in [6, 6.07) is -0.111. The van der Waals surface area contributed by atoms with Gasteiger partial charge in [0.15, 0.2) is 5.82 Å². The summed E-state index contributed by atoms with van der Waals surface area (Å²) >= 11 is 0. The Kier molecular flexibility index (Phi) is 4.79. The Balaban J connectivity index is 2.13. The zero-order chi connectivity index (χ0) is 16.4. The summed E-state index contributed by atoms with van der Waals surface area (Å²) in [4.78, 5) is 15.5. The average molecular weight is 319 g/mol. The SMILES string of the molecule is Cn1ccnc1[C@@](O)(CC(=O)NC1CCCCC1)C(F)(F)F. The Labute approximate surface area is 126 Å². The molecule has 124 valence electrons. The van der Waals surface area contributed by atoms with Crippen molar-refractivity contribution in [2.75, 3.05) is 0 Å². The van der Waals surface area contributed by atoms with E-state index in [0.29, 0.717) is 0 Å². The lowest BCUT2D eigenvalue weighted by Gasteiger charge is -2.30. The highest BCUT2D eigenvalue weighted by molar-refractivity contribution is 5.77. The molecule has 1 saturated carbocycles. The zero-order valence-corrected chi connectivity index (χ0v) is 12.4. The molecule has 1 heterocycles. The summed E-state index contributed by atoms with van der Waals surface area (Å²) in [5, 5.41) is 12.7. The van der Waals surface area contributed by atoms with Crippen molar-refractivity contribution in [2.45, 2.75) is 56.3 Å². The van der Waals surface area contributed by atoms with Crippen LogP contribution < -0.4 is 5.32 Å². The van der Waals surface area contributed by atoms with Crippen molar-refractivity contribution in [1.29, 1.82) is 0 Å². The standard InChI is InChI=1S/C14H20F3N3O2/c1-20-8-7-18-12(20)13(22,14(15,16)17)9-11(21)19-10-5-3-2-4-6-10/h7-8,10,22H,2-6,9H2,1H3,(H,19,21)/t13-/m0/s1. The number of hydrogen-bond donors (Lipinski definition) is 2. The molecule has 0 aromatic carbocycles. The molecule has 2 rings (SSSR count). The Morgan fingerprint density at radius 3 is 2.55 bits per heavy atom. The molecule has 0 aliphatic heterocycles. The van der Waals surface area contributed by atoms with Crippen LogP contribution in [0.5, 0.6) is 0 Å². The molecular formula is C14H20F3N3O2. The smallest absolute Gasteiger partial charge is 0.374 e. The minimum atomic E-state index is -4.99. The summed E-state index contributed by atoms with van der Waals surface area (Å²) < 4.78 is 41.0. The quantitative estimate of drug-likeness (QED) is 0.892. The van der Waals surface area contributed by atoms with Gasteiger partial charge in [0, 0.05) is 25.5 Å². The summed E-state index contributed by atoms with van der Waals surface area (Å²) in [7, 11) is 1.35. The highest BCUT2D eigenvalue weighted by Crippen LogP contribution is 2.40. The number of aliphatic hydroxyl groups is 1. The summed E-state index contributed by atoms with van der Waals surface area (Å²) in [6.45, 7) is 0. The fourth-order valence-electron chi connectivity index (χ4n) is 2.83. The molecule has 22 heavy (non-hydrogen) atoms. The third kappa shape index (κ3) is 3.43. The third-order valence-corrected chi connectivity index (χ3v) is 4.05. The van der Waals surface area contributed by atoms with Crippen LogP contribution in [0.2, 0.25) is 0 Å². The Bertz CT molecular complexity index is 524. The fourth-order valence-corrected chi connectivity index (χ4v) is 2.83. The second-order valence-corrected chi connectivity index (χ2v) is 5.80. The first-order chi connectivity index (χ1) is 10.2. The monoisotopic (exact) mass is 319 g/mol. The number of carbonyl (C=O) groups is 1. The van der Waals surface area contributed by atoms with Crippen LogP contribution in [-0.2, 0) is 17.4 Å². The van der Waals surface area contributed by atoms with Crippen molar-refractivity contribution in [3.63, 3.8) is 0 Å². The number of aryl methyl sites for hydroxylation is 1. The predicted octanol–water partition coefficient (Wildman–Crippen LogP) is 2.01. The van der Waals surface area contributed by atoms with Crippen LogP contribution in [0.3, 0.4) is 0 Å². The summed E-state index contributed by atoms with van der Waals surface area (Å²) in [6.07, 6.45) is 0.884. The maximum absolute atomic E-state index is 13.3. The first-order valence-corrected chi connectivity index (χ1v) is 7.30. The van der Waals surface area contributed by atoms with Crippen molar-refractivity contribution in [3.8, 4) is 0 Å². The number of carbonyl (C=O) groups excluding carboxylic acids is 1. The van der Waals surface area contributed by atoms with E-state index in [0.717, 1.165) is 42.9 Å². The largest absolute Gasteiger partial charge is 0.425 e. The molecule has 1 aromatic rings. The molecule has 8 heteroatoms. The molecule has 1 aliphatic carbocycles. The van der Waals surface area contributed by atoms with Gasteiger partial charge in [-0.3, -0.25) is 4.79 Å². The first kappa shape index (κ1) is 16.8. The van der Waals surface area contributed by atoms with Gasteiger partial charge in [0.25, 0.3) is 0 Å². The Hall–Kier alpha value is -1.57. The normalized spacial score (nSPS) is 19.7. The molecule has 0 radical (unpaired) electrons. The van der Waals surface area contributed by atoms with Gasteiger partial charge in [-0.1, -0.05) is 19.3 Å². The molecule has 1 atom stereocenters. The molecule has 0 spiro atoms.